The summed E-state index contributed by atoms with van der Waals surface area (Å²) in [5, 5.41) is 0.564. The van der Waals surface area contributed by atoms with Crippen molar-refractivity contribution in [2.24, 2.45) is 0 Å². The molecule has 0 aliphatic heterocycles. The van der Waals surface area contributed by atoms with Crippen LogP contribution in [0.4, 0.5) is 5.69 Å². The van der Waals surface area contributed by atoms with Crippen molar-refractivity contribution in [1.82, 2.24) is 9.97 Å². The minimum Gasteiger partial charge on any atom is -0.378 e. The third kappa shape index (κ3) is 2.76. The van der Waals surface area contributed by atoms with Crippen LogP contribution in [0.1, 0.15) is 24.5 Å². The molecule has 0 bridgehead atoms. The molecule has 0 unspecified atom stereocenters. The summed E-state index contributed by atoms with van der Waals surface area (Å²) in [6, 6.07) is 8.23. The van der Waals surface area contributed by atoms with Crippen LogP contribution < -0.4 is 4.90 Å². The Balaban J connectivity index is 2.01. The zero-order valence-electron chi connectivity index (χ0n) is 11.4. The molecule has 1 aromatic heterocycles. The molecule has 1 saturated carbocycles. The fourth-order valence-corrected chi connectivity index (χ4v) is 2.96. The van der Waals surface area contributed by atoms with E-state index in [-0.39, 0.29) is 0 Å². The number of rotatable bonds is 3. The maximum atomic E-state index is 6.26. The van der Waals surface area contributed by atoms with Gasteiger partial charge in [-0.1, -0.05) is 11.6 Å². The standard InChI is InChI=1S/C15H15ClIN3/c1-20(2)11-7-5-10(6-8-11)15-18-13(9-3-4-9)12(17)14(16)19-15/h5-9H,3-4H2,1-2H3. The average molecular weight is 400 g/mol. The molecule has 20 heavy (non-hydrogen) atoms. The van der Waals surface area contributed by atoms with Crippen molar-refractivity contribution in [3.63, 3.8) is 0 Å². The van der Waals surface area contributed by atoms with Gasteiger partial charge in [-0.25, -0.2) is 9.97 Å². The van der Waals surface area contributed by atoms with E-state index in [0.717, 1.165) is 26.3 Å². The SMILES string of the molecule is CN(C)c1ccc(-c2nc(Cl)c(I)c(C3CC3)n2)cc1. The summed E-state index contributed by atoms with van der Waals surface area (Å²) in [7, 11) is 4.05. The van der Waals surface area contributed by atoms with Gasteiger partial charge in [0.1, 0.15) is 5.15 Å². The van der Waals surface area contributed by atoms with Crippen LogP contribution in [0.5, 0.6) is 0 Å². The molecule has 0 radical (unpaired) electrons. The third-order valence-electron chi connectivity index (χ3n) is 3.44. The molecule has 0 saturated heterocycles. The van der Waals surface area contributed by atoms with Crippen LogP contribution in [0, 0.1) is 3.57 Å². The third-order valence-corrected chi connectivity index (χ3v) is 5.10. The highest BCUT2D eigenvalue weighted by atomic mass is 127. The molecule has 3 rings (SSSR count). The van der Waals surface area contributed by atoms with Gasteiger partial charge in [-0.05, 0) is 59.7 Å². The van der Waals surface area contributed by atoms with Crippen LogP contribution in [0.3, 0.4) is 0 Å². The van der Waals surface area contributed by atoms with Gasteiger partial charge in [0, 0.05) is 31.3 Å². The van der Waals surface area contributed by atoms with Crippen LogP contribution in [-0.2, 0) is 0 Å². The van der Waals surface area contributed by atoms with E-state index in [0.29, 0.717) is 11.1 Å². The molecular weight excluding hydrogens is 385 g/mol. The lowest BCUT2D eigenvalue weighted by Gasteiger charge is -2.13. The Hall–Kier alpha value is -0.880. The lowest BCUT2D eigenvalue weighted by Crippen LogP contribution is -2.08. The van der Waals surface area contributed by atoms with E-state index in [9.17, 15) is 0 Å². The van der Waals surface area contributed by atoms with Crippen molar-refractivity contribution in [3.8, 4) is 11.4 Å². The second-order valence-electron chi connectivity index (χ2n) is 5.25. The summed E-state index contributed by atoms with van der Waals surface area (Å²) in [6.45, 7) is 0. The maximum Gasteiger partial charge on any atom is 0.161 e. The van der Waals surface area contributed by atoms with Crippen LogP contribution in [-0.4, -0.2) is 24.1 Å². The van der Waals surface area contributed by atoms with Crippen molar-refractivity contribution in [1.29, 1.82) is 0 Å². The molecule has 1 heterocycles. The first-order valence-corrected chi connectivity index (χ1v) is 8.02. The van der Waals surface area contributed by atoms with Gasteiger partial charge in [-0.3, -0.25) is 0 Å². The molecule has 2 aromatic rings. The summed E-state index contributed by atoms with van der Waals surface area (Å²) in [6.07, 6.45) is 2.42. The molecule has 3 nitrogen and oxygen atoms in total. The first-order chi connectivity index (χ1) is 9.56. The summed E-state index contributed by atoms with van der Waals surface area (Å²) in [4.78, 5) is 11.2. The predicted octanol–water partition coefficient (Wildman–Crippen LogP) is 4.35. The summed E-state index contributed by atoms with van der Waals surface area (Å²) < 4.78 is 1.00. The largest absolute Gasteiger partial charge is 0.378 e. The molecule has 0 amide bonds. The van der Waals surface area contributed by atoms with Crippen LogP contribution in [0.25, 0.3) is 11.4 Å². The van der Waals surface area contributed by atoms with Gasteiger partial charge in [-0.2, -0.15) is 0 Å². The highest BCUT2D eigenvalue weighted by Gasteiger charge is 2.29. The van der Waals surface area contributed by atoms with E-state index in [1.807, 2.05) is 26.2 Å². The molecule has 1 aromatic carbocycles. The lowest BCUT2D eigenvalue weighted by atomic mass is 10.1. The minimum atomic E-state index is 0.564. The summed E-state index contributed by atoms with van der Waals surface area (Å²) in [5.74, 6) is 1.30. The van der Waals surface area contributed by atoms with E-state index in [1.54, 1.807) is 0 Å². The molecule has 1 aliphatic rings. The molecule has 0 N–H and O–H groups in total. The molecule has 104 valence electrons. The number of nitrogens with zero attached hydrogens (tertiary/aromatic N) is 3. The van der Waals surface area contributed by atoms with E-state index in [2.05, 4.69) is 44.6 Å². The van der Waals surface area contributed by atoms with Gasteiger partial charge >= 0.3 is 0 Å². The maximum absolute atomic E-state index is 6.26. The Morgan fingerprint density at radius 3 is 2.35 bits per heavy atom. The Morgan fingerprint density at radius 2 is 1.80 bits per heavy atom. The molecule has 1 fully saturated rings. The van der Waals surface area contributed by atoms with E-state index < -0.39 is 0 Å². The number of hydrogen-bond acceptors (Lipinski definition) is 3. The van der Waals surface area contributed by atoms with Gasteiger partial charge in [0.05, 0.1) is 9.26 Å². The number of hydrogen-bond donors (Lipinski definition) is 0. The van der Waals surface area contributed by atoms with Gasteiger partial charge in [0.15, 0.2) is 5.82 Å². The lowest BCUT2D eigenvalue weighted by molar-refractivity contribution is 0.978. The molecule has 5 heteroatoms. The van der Waals surface area contributed by atoms with E-state index in [4.69, 9.17) is 16.6 Å². The molecular formula is C15H15ClIN3. The second kappa shape index (κ2) is 5.48. The first kappa shape index (κ1) is 14.1. The number of halogens is 2. The Morgan fingerprint density at radius 1 is 1.15 bits per heavy atom. The molecule has 0 spiro atoms. The zero-order chi connectivity index (χ0) is 14.3. The fourth-order valence-electron chi connectivity index (χ4n) is 2.10. The Labute approximate surface area is 137 Å². The minimum absolute atomic E-state index is 0.564. The van der Waals surface area contributed by atoms with Crippen LogP contribution >= 0.6 is 34.2 Å². The van der Waals surface area contributed by atoms with Crippen molar-refractivity contribution in [3.05, 3.63) is 38.7 Å². The van der Waals surface area contributed by atoms with E-state index >= 15 is 0 Å². The zero-order valence-corrected chi connectivity index (χ0v) is 14.3. The van der Waals surface area contributed by atoms with Gasteiger partial charge in [0.2, 0.25) is 0 Å². The monoisotopic (exact) mass is 399 g/mol. The summed E-state index contributed by atoms with van der Waals surface area (Å²) in [5.41, 5.74) is 3.28. The second-order valence-corrected chi connectivity index (χ2v) is 6.69. The van der Waals surface area contributed by atoms with Gasteiger partial charge in [-0.15, -0.1) is 0 Å². The number of aromatic nitrogens is 2. The normalized spacial score (nSPS) is 14.4. The first-order valence-electron chi connectivity index (χ1n) is 6.57. The molecule has 0 atom stereocenters. The van der Waals surface area contributed by atoms with Crippen molar-refractivity contribution >= 4 is 39.9 Å². The highest BCUT2D eigenvalue weighted by molar-refractivity contribution is 14.1. The Bertz CT molecular complexity index is 636. The summed E-state index contributed by atoms with van der Waals surface area (Å²) >= 11 is 8.50. The highest BCUT2D eigenvalue weighted by Crippen LogP contribution is 2.42. The van der Waals surface area contributed by atoms with E-state index in [1.165, 1.54) is 12.8 Å². The predicted molar refractivity (Wildman–Crippen MR) is 91.5 cm³/mol. The quantitative estimate of drug-likeness (QED) is 0.568. The van der Waals surface area contributed by atoms with Crippen molar-refractivity contribution in [2.45, 2.75) is 18.8 Å². The van der Waals surface area contributed by atoms with Crippen LogP contribution in [0.2, 0.25) is 5.15 Å². The number of anilines is 1. The Kier molecular flexibility index (Phi) is 3.86. The topological polar surface area (TPSA) is 29.0 Å². The molecule has 1 aliphatic carbocycles. The average Bonchev–Trinajstić information content (AvgIpc) is 3.26. The van der Waals surface area contributed by atoms with Gasteiger partial charge in [0.25, 0.3) is 0 Å². The van der Waals surface area contributed by atoms with Gasteiger partial charge < -0.3 is 4.90 Å². The van der Waals surface area contributed by atoms with Crippen molar-refractivity contribution in [2.75, 3.05) is 19.0 Å². The van der Waals surface area contributed by atoms with Crippen LogP contribution in [0.15, 0.2) is 24.3 Å². The van der Waals surface area contributed by atoms with Crippen molar-refractivity contribution < 1.29 is 0 Å². The number of benzene rings is 1. The fraction of sp³-hybridized carbons (Fsp3) is 0.333. The smallest absolute Gasteiger partial charge is 0.161 e.